The van der Waals surface area contributed by atoms with Crippen molar-refractivity contribution in [2.75, 3.05) is 19.6 Å². The minimum absolute atomic E-state index is 0. The predicted octanol–water partition coefficient (Wildman–Crippen LogP) is -0.896. The van der Waals surface area contributed by atoms with Crippen LogP contribution in [-0.2, 0) is 9.59 Å². The van der Waals surface area contributed by atoms with Crippen LogP contribution in [0.25, 0.3) is 0 Å². The number of hydrogen-bond acceptors (Lipinski definition) is 3. The van der Waals surface area contributed by atoms with Crippen molar-refractivity contribution < 1.29 is 9.59 Å². The van der Waals surface area contributed by atoms with Gasteiger partial charge < -0.3 is 16.0 Å². The number of amides is 2. The summed E-state index contributed by atoms with van der Waals surface area (Å²) in [6.45, 7) is 2.88. The molecular formula is C8H16ClN3O2. The second-order valence-corrected chi connectivity index (χ2v) is 3.22. The molecule has 1 unspecified atom stereocenters. The van der Waals surface area contributed by atoms with Crippen LogP contribution < -0.4 is 11.1 Å². The molecule has 0 spiro atoms. The van der Waals surface area contributed by atoms with Gasteiger partial charge in [0.2, 0.25) is 11.8 Å². The summed E-state index contributed by atoms with van der Waals surface area (Å²) in [4.78, 5) is 23.6. The van der Waals surface area contributed by atoms with E-state index in [2.05, 4.69) is 5.32 Å². The van der Waals surface area contributed by atoms with Gasteiger partial charge in [-0.3, -0.25) is 9.59 Å². The van der Waals surface area contributed by atoms with Gasteiger partial charge in [-0.15, -0.1) is 12.4 Å². The normalized spacial score (nSPS) is 20.1. The highest BCUT2D eigenvalue weighted by Crippen LogP contribution is 2.08. The minimum Gasteiger partial charge on any atom is -0.350 e. The Balaban J connectivity index is 0.00000169. The van der Waals surface area contributed by atoms with Crippen LogP contribution in [0.5, 0.6) is 0 Å². The van der Waals surface area contributed by atoms with E-state index >= 15 is 0 Å². The van der Waals surface area contributed by atoms with Gasteiger partial charge >= 0.3 is 0 Å². The molecule has 1 atom stereocenters. The van der Waals surface area contributed by atoms with Gasteiger partial charge in [-0.2, -0.15) is 0 Å². The SMILES string of the molecule is CC(=O)N1CCC(NC(=O)CN)C1.Cl. The quantitative estimate of drug-likeness (QED) is 0.635. The lowest BCUT2D eigenvalue weighted by atomic mass is 10.2. The smallest absolute Gasteiger partial charge is 0.234 e. The van der Waals surface area contributed by atoms with Crippen LogP contribution >= 0.6 is 12.4 Å². The second-order valence-electron chi connectivity index (χ2n) is 3.22. The molecule has 0 aromatic rings. The van der Waals surface area contributed by atoms with Crippen molar-refractivity contribution in [1.29, 1.82) is 0 Å². The topological polar surface area (TPSA) is 75.4 Å². The zero-order chi connectivity index (χ0) is 9.84. The first kappa shape index (κ1) is 13.2. The van der Waals surface area contributed by atoms with Gasteiger partial charge in [0.05, 0.1) is 6.54 Å². The van der Waals surface area contributed by atoms with Crippen molar-refractivity contribution in [2.45, 2.75) is 19.4 Å². The van der Waals surface area contributed by atoms with Crippen molar-refractivity contribution in [2.24, 2.45) is 5.73 Å². The van der Waals surface area contributed by atoms with Gasteiger partial charge in [0, 0.05) is 26.1 Å². The standard InChI is InChI=1S/C8H15N3O2.ClH/c1-6(12)11-3-2-7(5-11)10-8(13)4-9;/h7H,2-5,9H2,1H3,(H,10,13);1H. The molecule has 0 saturated carbocycles. The van der Waals surface area contributed by atoms with E-state index in [1.54, 1.807) is 4.90 Å². The number of carbonyl (C=O) groups excluding carboxylic acids is 2. The molecule has 14 heavy (non-hydrogen) atoms. The second kappa shape index (κ2) is 5.82. The number of nitrogens with one attached hydrogen (secondary N) is 1. The highest BCUT2D eigenvalue weighted by atomic mass is 35.5. The average Bonchev–Trinajstić information content (AvgIpc) is 2.52. The third-order valence-corrected chi connectivity index (χ3v) is 2.18. The Morgan fingerprint density at radius 3 is 2.64 bits per heavy atom. The zero-order valence-corrected chi connectivity index (χ0v) is 8.97. The summed E-state index contributed by atoms with van der Waals surface area (Å²) in [6.07, 6.45) is 0.825. The van der Waals surface area contributed by atoms with Crippen molar-refractivity contribution in [1.82, 2.24) is 10.2 Å². The Kier molecular flexibility index (Phi) is 5.49. The van der Waals surface area contributed by atoms with E-state index in [0.29, 0.717) is 6.54 Å². The first-order valence-corrected chi connectivity index (χ1v) is 4.38. The third kappa shape index (κ3) is 3.51. The lowest BCUT2D eigenvalue weighted by Gasteiger charge is -2.14. The number of likely N-dealkylation sites (tertiary alicyclic amines) is 1. The number of nitrogens with two attached hydrogens (primary N) is 1. The molecule has 0 radical (unpaired) electrons. The number of hydrogen-bond donors (Lipinski definition) is 2. The fourth-order valence-corrected chi connectivity index (χ4v) is 1.45. The monoisotopic (exact) mass is 221 g/mol. The summed E-state index contributed by atoms with van der Waals surface area (Å²) >= 11 is 0. The van der Waals surface area contributed by atoms with E-state index in [-0.39, 0.29) is 36.8 Å². The molecule has 3 N–H and O–H groups in total. The Morgan fingerprint density at radius 2 is 2.21 bits per heavy atom. The maximum Gasteiger partial charge on any atom is 0.234 e. The highest BCUT2D eigenvalue weighted by molar-refractivity contribution is 5.85. The summed E-state index contributed by atoms with van der Waals surface area (Å²) in [5, 5.41) is 2.76. The molecule has 1 aliphatic heterocycles. The molecule has 0 aromatic heterocycles. The van der Waals surface area contributed by atoms with Gasteiger partial charge in [-0.25, -0.2) is 0 Å². The van der Waals surface area contributed by atoms with Crippen molar-refractivity contribution >= 4 is 24.2 Å². The average molecular weight is 222 g/mol. The molecule has 0 aliphatic carbocycles. The van der Waals surface area contributed by atoms with Crippen LogP contribution in [0.2, 0.25) is 0 Å². The van der Waals surface area contributed by atoms with Crippen LogP contribution in [0.15, 0.2) is 0 Å². The Labute approximate surface area is 89.4 Å². The lowest BCUT2D eigenvalue weighted by Crippen LogP contribution is -2.40. The van der Waals surface area contributed by atoms with Crippen molar-refractivity contribution in [3.8, 4) is 0 Å². The summed E-state index contributed by atoms with van der Waals surface area (Å²) in [7, 11) is 0. The molecule has 1 rings (SSSR count). The Bertz CT molecular complexity index is 223. The van der Waals surface area contributed by atoms with Gasteiger partial charge in [-0.1, -0.05) is 0 Å². The molecule has 1 saturated heterocycles. The molecule has 6 heteroatoms. The zero-order valence-electron chi connectivity index (χ0n) is 8.16. The molecule has 0 aromatic carbocycles. The molecule has 1 aliphatic rings. The van der Waals surface area contributed by atoms with Crippen LogP contribution in [-0.4, -0.2) is 42.4 Å². The predicted molar refractivity (Wildman–Crippen MR) is 55.1 cm³/mol. The van der Waals surface area contributed by atoms with E-state index in [9.17, 15) is 9.59 Å². The fraction of sp³-hybridized carbons (Fsp3) is 0.750. The van der Waals surface area contributed by atoms with Gasteiger partial charge in [0.1, 0.15) is 0 Å². The van der Waals surface area contributed by atoms with E-state index < -0.39 is 0 Å². The summed E-state index contributed by atoms with van der Waals surface area (Å²) in [5.41, 5.74) is 5.15. The lowest BCUT2D eigenvalue weighted by molar-refractivity contribution is -0.128. The first-order chi connectivity index (χ1) is 6.13. The highest BCUT2D eigenvalue weighted by Gasteiger charge is 2.24. The summed E-state index contributed by atoms with van der Waals surface area (Å²) < 4.78 is 0. The van der Waals surface area contributed by atoms with Gasteiger partial charge in [0.15, 0.2) is 0 Å². The van der Waals surface area contributed by atoms with Crippen molar-refractivity contribution in [3.63, 3.8) is 0 Å². The summed E-state index contributed by atoms with van der Waals surface area (Å²) in [6, 6.07) is 0.0833. The summed E-state index contributed by atoms with van der Waals surface area (Å²) in [5.74, 6) is -0.0973. The number of nitrogens with zero attached hydrogens (tertiary/aromatic N) is 1. The largest absolute Gasteiger partial charge is 0.350 e. The third-order valence-electron chi connectivity index (χ3n) is 2.18. The van der Waals surface area contributed by atoms with Crippen LogP contribution in [0.4, 0.5) is 0 Å². The number of rotatable bonds is 2. The van der Waals surface area contributed by atoms with E-state index in [4.69, 9.17) is 5.73 Å². The molecular weight excluding hydrogens is 206 g/mol. The fourth-order valence-electron chi connectivity index (χ4n) is 1.45. The molecule has 1 heterocycles. The number of carbonyl (C=O) groups is 2. The van der Waals surface area contributed by atoms with Crippen LogP contribution in [0.3, 0.4) is 0 Å². The Morgan fingerprint density at radius 1 is 1.57 bits per heavy atom. The molecule has 1 fully saturated rings. The molecule has 5 nitrogen and oxygen atoms in total. The van der Waals surface area contributed by atoms with Gasteiger partial charge in [-0.05, 0) is 6.42 Å². The molecule has 0 bridgehead atoms. The van der Waals surface area contributed by atoms with Crippen molar-refractivity contribution in [3.05, 3.63) is 0 Å². The van der Waals surface area contributed by atoms with Gasteiger partial charge in [0.25, 0.3) is 0 Å². The molecule has 82 valence electrons. The maximum absolute atomic E-state index is 10.9. The van der Waals surface area contributed by atoms with E-state index in [0.717, 1.165) is 13.0 Å². The first-order valence-electron chi connectivity index (χ1n) is 4.38. The van der Waals surface area contributed by atoms with E-state index in [1.165, 1.54) is 6.92 Å². The molecule has 2 amide bonds. The Hall–Kier alpha value is -0.810. The van der Waals surface area contributed by atoms with Crippen LogP contribution in [0, 0.1) is 0 Å². The number of halogens is 1. The van der Waals surface area contributed by atoms with E-state index in [1.807, 2.05) is 0 Å². The minimum atomic E-state index is -0.157. The van der Waals surface area contributed by atoms with Crippen LogP contribution in [0.1, 0.15) is 13.3 Å². The maximum atomic E-state index is 10.9.